The molecule has 0 saturated carbocycles. The highest BCUT2D eigenvalue weighted by Gasteiger charge is 2.17. The SMILES string of the molecule is CCCN1CCN(Cc2nccn2C)CC1. The minimum atomic E-state index is 0.990. The van der Waals surface area contributed by atoms with Crippen molar-refractivity contribution in [1.82, 2.24) is 19.4 Å². The highest BCUT2D eigenvalue weighted by molar-refractivity contribution is 4.91. The van der Waals surface area contributed by atoms with Crippen LogP contribution >= 0.6 is 0 Å². The third-order valence-corrected chi connectivity index (χ3v) is 3.29. The second-order valence-electron chi connectivity index (χ2n) is 4.57. The second kappa shape index (κ2) is 5.46. The maximum absolute atomic E-state index is 4.37. The summed E-state index contributed by atoms with van der Waals surface area (Å²) in [4.78, 5) is 9.42. The van der Waals surface area contributed by atoms with Crippen molar-refractivity contribution in [2.45, 2.75) is 19.9 Å². The van der Waals surface area contributed by atoms with Gasteiger partial charge in [-0.1, -0.05) is 6.92 Å². The van der Waals surface area contributed by atoms with Gasteiger partial charge in [0.2, 0.25) is 0 Å². The van der Waals surface area contributed by atoms with Crippen LogP contribution in [0.2, 0.25) is 0 Å². The van der Waals surface area contributed by atoms with Gasteiger partial charge in [-0.05, 0) is 13.0 Å². The average molecular weight is 222 g/mol. The molecule has 90 valence electrons. The van der Waals surface area contributed by atoms with Gasteiger partial charge in [0.1, 0.15) is 5.82 Å². The number of aromatic nitrogens is 2. The van der Waals surface area contributed by atoms with E-state index in [1.807, 2.05) is 12.4 Å². The molecule has 2 rings (SSSR count). The molecule has 1 aromatic rings. The quantitative estimate of drug-likeness (QED) is 0.758. The van der Waals surface area contributed by atoms with E-state index in [-0.39, 0.29) is 0 Å². The lowest BCUT2D eigenvalue weighted by Crippen LogP contribution is -2.46. The zero-order chi connectivity index (χ0) is 11.4. The van der Waals surface area contributed by atoms with Crippen molar-refractivity contribution in [2.24, 2.45) is 7.05 Å². The predicted molar refractivity (Wildman–Crippen MR) is 65.2 cm³/mol. The molecule has 0 N–H and O–H groups in total. The number of imidazole rings is 1. The molecule has 0 spiro atoms. The van der Waals surface area contributed by atoms with E-state index in [0.717, 1.165) is 6.54 Å². The third-order valence-electron chi connectivity index (χ3n) is 3.29. The minimum Gasteiger partial charge on any atom is -0.337 e. The lowest BCUT2D eigenvalue weighted by molar-refractivity contribution is 0.124. The van der Waals surface area contributed by atoms with E-state index < -0.39 is 0 Å². The van der Waals surface area contributed by atoms with E-state index >= 15 is 0 Å². The van der Waals surface area contributed by atoms with Crippen LogP contribution in [0.25, 0.3) is 0 Å². The summed E-state index contributed by atoms with van der Waals surface area (Å²) < 4.78 is 2.11. The number of hydrogen-bond donors (Lipinski definition) is 0. The molecule has 4 nitrogen and oxygen atoms in total. The van der Waals surface area contributed by atoms with Crippen molar-refractivity contribution in [3.63, 3.8) is 0 Å². The smallest absolute Gasteiger partial charge is 0.122 e. The van der Waals surface area contributed by atoms with E-state index in [0.29, 0.717) is 0 Å². The first kappa shape index (κ1) is 11.6. The number of rotatable bonds is 4. The first-order valence-corrected chi connectivity index (χ1v) is 6.20. The Morgan fingerprint density at radius 1 is 1.19 bits per heavy atom. The van der Waals surface area contributed by atoms with Gasteiger partial charge in [0, 0.05) is 45.6 Å². The van der Waals surface area contributed by atoms with Crippen molar-refractivity contribution in [3.05, 3.63) is 18.2 Å². The van der Waals surface area contributed by atoms with Gasteiger partial charge in [-0.25, -0.2) is 4.98 Å². The lowest BCUT2D eigenvalue weighted by atomic mass is 10.3. The van der Waals surface area contributed by atoms with Gasteiger partial charge in [-0.3, -0.25) is 4.90 Å². The van der Waals surface area contributed by atoms with E-state index in [2.05, 4.69) is 33.3 Å². The maximum atomic E-state index is 4.37. The van der Waals surface area contributed by atoms with Crippen LogP contribution in [-0.4, -0.2) is 52.1 Å². The highest BCUT2D eigenvalue weighted by atomic mass is 15.3. The summed E-state index contributed by atoms with van der Waals surface area (Å²) in [6.45, 7) is 9.25. The van der Waals surface area contributed by atoms with Gasteiger partial charge in [-0.15, -0.1) is 0 Å². The summed E-state index contributed by atoms with van der Waals surface area (Å²) >= 11 is 0. The van der Waals surface area contributed by atoms with E-state index in [9.17, 15) is 0 Å². The highest BCUT2D eigenvalue weighted by Crippen LogP contribution is 2.06. The van der Waals surface area contributed by atoms with Gasteiger partial charge in [0.15, 0.2) is 0 Å². The maximum Gasteiger partial charge on any atom is 0.122 e. The Hall–Kier alpha value is -0.870. The number of aryl methyl sites for hydroxylation is 1. The van der Waals surface area contributed by atoms with Crippen molar-refractivity contribution in [1.29, 1.82) is 0 Å². The van der Waals surface area contributed by atoms with E-state index in [1.165, 1.54) is 45.0 Å². The van der Waals surface area contributed by atoms with Crippen molar-refractivity contribution >= 4 is 0 Å². The summed E-state index contributed by atoms with van der Waals surface area (Å²) in [6, 6.07) is 0. The van der Waals surface area contributed by atoms with Gasteiger partial charge >= 0.3 is 0 Å². The molecule has 1 fully saturated rings. The minimum absolute atomic E-state index is 0.990. The standard InChI is InChI=1S/C12H22N4/c1-3-5-15-7-9-16(10-8-15)11-12-13-4-6-14(12)2/h4,6H,3,5,7-11H2,1-2H3. The summed E-state index contributed by atoms with van der Waals surface area (Å²) in [7, 11) is 2.07. The fourth-order valence-corrected chi connectivity index (χ4v) is 2.24. The topological polar surface area (TPSA) is 24.3 Å². The van der Waals surface area contributed by atoms with Crippen molar-refractivity contribution < 1.29 is 0 Å². The molecule has 1 saturated heterocycles. The molecule has 0 aliphatic carbocycles. The first-order chi connectivity index (χ1) is 7.79. The predicted octanol–water partition coefficient (Wildman–Crippen LogP) is 0.948. The number of hydrogen-bond acceptors (Lipinski definition) is 3. The molecule has 0 amide bonds. The molecule has 0 unspecified atom stereocenters. The van der Waals surface area contributed by atoms with Crippen LogP contribution in [0.3, 0.4) is 0 Å². The Kier molecular flexibility index (Phi) is 3.96. The number of nitrogens with zero attached hydrogens (tertiary/aromatic N) is 4. The lowest BCUT2D eigenvalue weighted by Gasteiger charge is -2.34. The first-order valence-electron chi connectivity index (χ1n) is 6.20. The molecule has 0 aromatic carbocycles. The van der Waals surface area contributed by atoms with E-state index in [1.54, 1.807) is 0 Å². The Morgan fingerprint density at radius 3 is 2.44 bits per heavy atom. The van der Waals surface area contributed by atoms with Gasteiger partial charge in [0.05, 0.1) is 6.54 Å². The van der Waals surface area contributed by atoms with Crippen LogP contribution < -0.4 is 0 Å². The molecular weight excluding hydrogens is 200 g/mol. The fraction of sp³-hybridized carbons (Fsp3) is 0.750. The van der Waals surface area contributed by atoms with Crippen LogP contribution in [0.4, 0.5) is 0 Å². The molecular formula is C12H22N4. The Bertz CT molecular complexity index is 313. The summed E-state index contributed by atoms with van der Waals surface area (Å²) in [5.74, 6) is 1.17. The Balaban J connectivity index is 1.79. The van der Waals surface area contributed by atoms with Crippen LogP contribution in [0.1, 0.15) is 19.2 Å². The third kappa shape index (κ3) is 2.83. The molecule has 4 heteroatoms. The van der Waals surface area contributed by atoms with Crippen molar-refractivity contribution in [2.75, 3.05) is 32.7 Å². The number of piperazine rings is 1. The summed E-state index contributed by atoms with van der Waals surface area (Å²) in [6.07, 6.45) is 5.16. The van der Waals surface area contributed by atoms with Gasteiger partial charge in [-0.2, -0.15) is 0 Å². The van der Waals surface area contributed by atoms with Gasteiger partial charge in [0.25, 0.3) is 0 Å². The molecule has 1 aliphatic heterocycles. The molecule has 0 radical (unpaired) electrons. The Morgan fingerprint density at radius 2 is 1.88 bits per heavy atom. The zero-order valence-corrected chi connectivity index (χ0v) is 10.4. The molecule has 16 heavy (non-hydrogen) atoms. The summed E-state index contributed by atoms with van der Waals surface area (Å²) in [5.41, 5.74) is 0. The average Bonchev–Trinajstić information content (AvgIpc) is 2.68. The largest absolute Gasteiger partial charge is 0.337 e. The molecule has 0 bridgehead atoms. The molecule has 1 aliphatic rings. The summed E-state index contributed by atoms with van der Waals surface area (Å²) in [5, 5.41) is 0. The Labute approximate surface area is 97.9 Å². The van der Waals surface area contributed by atoms with Crippen molar-refractivity contribution in [3.8, 4) is 0 Å². The van der Waals surface area contributed by atoms with Crippen LogP contribution in [0.15, 0.2) is 12.4 Å². The van der Waals surface area contributed by atoms with Crippen LogP contribution in [-0.2, 0) is 13.6 Å². The molecule has 0 atom stereocenters. The van der Waals surface area contributed by atoms with E-state index in [4.69, 9.17) is 0 Å². The monoisotopic (exact) mass is 222 g/mol. The van der Waals surface area contributed by atoms with Gasteiger partial charge < -0.3 is 9.47 Å². The molecule has 1 aromatic heterocycles. The fourth-order valence-electron chi connectivity index (χ4n) is 2.24. The van der Waals surface area contributed by atoms with Crippen LogP contribution in [0.5, 0.6) is 0 Å². The zero-order valence-electron chi connectivity index (χ0n) is 10.4. The molecule has 2 heterocycles. The second-order valence-corrected chi connectivity index (χ2v) is 4.57. The van der Waals surface area contributed by atoms with Crippen LogP contribution in [0, 0.1) is 0 Å². The normalized spacial score (nSPS) is 19.1.